The minimum atomic E-state index is -0.291. The van der Waals surface area contributed by atoms with Gasteiger partial charge in [0.1, 0.15) is 0 Å². The van der Waals surface area contributed by atoms with Gasteiger partial charge in [-0.1, -0.05) is 24.3 Å². The van der Waals surface area contributed by atoms with E-state index in [0.29, 0.717) is 11.7 Å². The molecule has 0 aliphatic carbocycles. The maximum Gasteiger partial charge on any atom is 0.258 e. The van der Waals surface area contributed by atoms with Gasteiger partial charge in [-0.15, -0.1) is 0 Å². The molecule has 36 heavy (non-hydrogen) atoms. The summed E-state index contributed by atoms with van der Waals surface area (Å²) in [5.74, 6) is -0.581. The quantitative estimate of drug-likeness (QED) is 0.550. The van der Waals surface area contributed by atoms with E-state index in [4.69, 9.17) is 9.47 Å². The molecule has 3 aliphatic heterocycles. The predicted molar refractivity (Wildman–Crippen MR) is 141 cm³/mol. The summed E-state index contributed by atoms with van der Waals surface area (Å²) < 4.78 is 11.1. The van der Waals surface area contributed by atoms with Crippen LogP contribution in [0.4, 0.5) is 11.4 Å². The Bertz CT molecular complexity index is 1110. The average molecular weight is 490 g/mol. The molecular weight excluding hydrogens is 454 g/mol. The van der Waals surface area contributed by atoms with Crippen molar-refractivity contribution in [2.45, 2.75) is 39.3 Å². The maximum absolute atomic E-state index is 12.6. The number of hydrogen-bond donors (Lipinski definition) is 0. The van der Waals surface area contributed by atoms with Crippen LogP contribution in [0.5, 0.6) is 0 Å². The molecule has 0 spiro atoms. The Morgan fingerprint density at radius 2 is 1.53 bits per heavy atom. The van der Waals surface area contributed by atoms with Crippen LogP contribution < -0.4 is 9.80 Å². The minimum Gasteiger partial charge on any atom is -0.381 e. The van der Waals surface area contributed by atoms with Gasteiger partial charge in [-0.2, -0.15) is 0 Å². The second-order valence-corrected chi connectivity index (χ2v) is 9.70. The fraction of sp³-hybridized carbons (Fsp3) is 0.448. The molecule has 2 aromatic rings. The molecule has 7 nitrogen and oxygen atoms in total. The molecule has 0 saturated carbocycles. The molecule has 0 aromatic heterocycles. The third-order valence-corrected chi connectivity index (χ3v) is 7.48. The summed E-state index contributed by atoms with van der Waals surface area (Å²) in [5, 5.41) is 0. The lowest BCUT2D eigenvalue weighted by atomic mass is 9.97. The summed E-state index contributed by atoms with van der Waals surface area (Å²) in [6.07, 6.45) is 4.63. The van der Waals surface area contributed by atoms with Crippen LogP contribution in [0.3, 0.4) is 0 Å². The van der Waals surface area contributed by atoms with Crippen LogP contribution in [0.1, 0.15) is 30.9 Å². The molecule has 0 unspecified atom stereocenters. The third-order valence-electron chi connectivity index (χ3n) is 7.48. The number of carbonyl (C=O) groups excluding carboxylic acids is 2. The molecule has 0 N–H and O–H groups in total. The first-order valence-electron chi connectivity index (χ1n) is 13.0. The molecule has 2 saturated heterocycles. The van der Waals surface area contributed by atoms with E-state index in [1.807, 2.05) is 13.0 Å². The summed E-state index contributed by atoms with van der Waals surface area (Å²) >= 11 is 0. The molecule has 3 aliphatic rings. The van der Waals surface area contributed by atoms with Crippen LogP contribution in [-0.4, -0.2) is 68.8 Å². The normalized spacial score (nSPS) is 19.3. The highest BCUT2D eigenvalue weighted by molar-refractivity contribution is 6.28. The van der Waals surface area contributed by atoms with Crippen LogP contribution >= 0.6 is 0 Å². The lowest BCUT2D eigenvalue weighted by molar-refractivity contribution is -0.119. The number of rotatable bonds is 7. The van der Waals surface area contributed by atoms with E-state index in [0.717, 1.165) is 87.8 Å². The van der Waals surface area contributed by atoms with Gasteiger partial charge in [0.05, 0.1) is 18.9 Å². The van der Waals surface area contributed by atoms with Crippen LogP contribution in [0.15, 0.2) is 48.6 Å². The Balaban J connectivity index is 1.51. The van der Waals surface area contributed by atoms with E-state index in [2.05, 4.69) is 47.1 Å². The second-order valence-electron chi connectivity index (χ2n) is 9.70. The maximum atomic E-state index is 12.6. The second kappa shape index (κ2) is 10.9. The van der Waals surface area contributed by atoms with Gasteiger partial charge >= 0.3 is 0 Å². The third kappa shape index (κ3) is 5.09. The van der Waals surface area contributed by atoms with Crippen molar-refractivity contribution < 1.29 is 19.1 Å². The number of hydrogen-bond acceptors (Lipinski definition) is 6. The number of imide groups is 1. The number of nitrogens with zero attached hydrogens (tertiary/aromatic N) is 3. The Kier molecular flexibility index (Phi) is 7.51. The van der Waals surface area contributed by atoms with Gasteiger partial charge in [0.25, 0.3) is 11.8 Å². The zero-order chi connectivity index (χ0) is 25.1. The van der Waals surface area contributed by atoms with E-state index >= 15 is 0 Å². The standard InChI is InChI=1S/C29H35N3O4/c1-3-31(25-10-14-35-15-11-25)26-18-24(19-27(21(26)2)32-28(33)8-9-29(32)34)23-6-4-22(5-7-23)20-30-12-16-36-17-13-30/h4-9,18-19,25H,3,10-17,20H2,1-2H3. The molecule has 5 rings (SSSR count). The number of amides is 2. The van der Waals surface area contributed by atoms with Crippen molar-refractivity contribution in [1.29, 1.82) is 0 Å². The van der Waals surface area contributed by atoms with Gasteiger partial charge in [-0.05, 0) is 61.1 Å². The highest BCUT2D eigenvalue weighted by atomic mass is 16.5. The van der Waals surface area contributed by atoms with Gasteiger partial charge in [-0.3, -0.25) is 14.5 Å². The van der Waals surface area contributed by atoms with Gasteiger partial charge in [0.15, 0.2) is 0 Å². The van der Waals surface area contributed by atoms with Crippen molar-refractivity contribution in [3.8, 4) is 11.1 Å². The first-order chi connectivity index (χ1) is 17.5. The number of morpholine rings is 1. The van der Waals surface area contributed by atoms with E-state index in [9.17, 15) is 9.59 Å². The molecule has 2 aromatic carbocycles. The lowest BCUT2D eigenvalue weighted by Crippen LogP contribution is -2.40. The van der Waals surface area contributed by atoms with Crippen molar-refractivity contribution in [3.05, 3.63) is 59.7 Å². The van der Waals surface area contributed by atoms with Crippen LogP contribution in [0.25, 0.3) is 11.1 Å². The van der Waals surface area contributed by atoms with Gasteiger partial charge in [-0.25, -0.2) is 4.90 Å². The molecule has 0 bridgehead atoms. The van der Waals surface area contributed by atoms with Gasteiger partial charge in [0.2, 0.25) is 0 Å². The van der Waals surface area contributed by atoms with Gasteiger partial charge < -0.3 is 14.4 Å². The lowest BCUT2D eigenvalue weighted by Gasteiger charge is -2.37. The fourth-order valence-electron chi connectivity index (χ4n) is 5.46. The van der Waals surface area contributed by atoms with Crippen LogP contribution in [0.2, 0.25) is 0 Å². The van der Waals surface area contributed by atoms with Crippen molar-refractivity contribution in [2.75, 3.05) is 55.9 Å². The Labute approximate surface area is 213 Å². The topological polar surface area (TPSA) is 62.3 Å². The molecule has 0 radical (unpaired) electrons. The monoisotopic (exact) mass is 489 g/mol. The van der Waals surface area contributed by atoms with Crippen molar-refractivity contribution in [2.24, 2.45) is 0 Å². The first-order valence-corrected chi connectivity index (χ1v) is 13.0. The summed E-state index contributed by atoms with van der Waals surface area (Å²) in [6, 6.07) is 13.2. The highest BCUT2D eigenvalue weighted by Crippen LogP contribution is 2.38. The van der Waals surface area contributed by atoms with Gasteiger partial charge in [0, 0.05) is 63.3 Å². The molecule has 190 valence electrons. The molecule has 7 heteroatoms. The number of benzene rings is 2. The molecule has 2 fully saturated rings. The smallest absolute Gasteiger partial charge is 0.258 e. The van der Waals surface area contributed by atoms with E-state index in [1.165, 1.54) is 22.6 Å². The number of ether oxygens (including phenoxy) is 2. The van der Waals surface area contributed by atoms with E-state index in [-0.39, 0.29) is 11.8 Å². The number of anilines is 2. The molecular formula is C29H35N3O4. The van der Waals surface area contributed by atoms with Crippen molar-refractivity contribution in [1.82, 2.24) is 4.90 Å². The molecule has 2 amide bonds. The van der Waals surface area contributed by atoms with Crippen molar-refractivity contribution in [3.63, 3.8) is 0 Å². The zero-order valence-corrected chi connectivity index (χ0v) is 21.2. The Morgan fingerprint density at radius 1 is 0.889 bits per heavy atom. The summed E-state index contributed by atoms with van der Waals surface area (Å²) in [6.45, 7) is 10.9. The van der Waals surface area contributed by atoms with Crippen LogP contribution in [-0.2, 0) is 25.6 Å². The summed E-state index contributed by atoms with van der Waals surface area (Å²) in [5.41, 5.74) is 6.01. The zero-order valence-electron chi connectivity index (χ0n) is 21.2. The molecule has 0 atom stereocenters. The van der Waals surface area contributed by atoms with Crippen molar-refractivity contribution >= 4 is 23.2 Å². The Morgan fingerprint density at radius 3 is 2.17 bits per heavy atom. The average Bonchev–Trinajstić information content (AvgIpc) is 3.25. The fourth-order valence-corrected chi connectivity index (χ4v) is 5.46. The van der Waals surface area contributed by atoms with E-state index in [1.54, 1.807) is 0 Å². The summed E-state index contributed by atoms with van der Waals surface area (Å²) in [4.78, 5) is 31.4. The summed E-state index contributed by atoms with van der Waals surface area (Å²) in [7, 11) is 0. The largest absolute Gasteiger partial charge is 0.381 e. The van der Waals surface area contributed by atoms with Crippen LogP contribution in [0, 0.1) is 6.92 Å². The first kappa shape index (κ1) is 24.7. The Hall–Kier alpha value is -3.00. The SMILES string of the molecule is CCN(c1cc(-c2ccc(CN3CCOCC3)cc2)cc(N2C(=O)C=CC2=O)c1C)C1CCOCC1. The molecule has 3 heterocycles. The predicted octanol–water partition coefficient (Wildman–Crippen LogP) is 3.93. The highest BCUT2D eigenvalue weighted by Gasteiger charge is 2.30. The minimum absolute atomic E-state index is 0.291. The number of carbonyl (C=O) groups is 2. The van der Waals surface area contributed by atoms with E-state index < -0.39 is 0 Å².